The van der Waals surface area contributed by atoms with Gasteiger partial charge in [0.15, 0.2) is 5.96 Å². The Labute approximate surface area is 146 Å². The Bertz CT molecular complexity index is 465. The van der Waals surface area contributed by atoms with Gasteiger partial charge in [0, 0.05) is 26.7 Å². The highest BCUT2D eigenvalue weighted by Gasteiger charge is 2.30. The molecule has 1 heterocycles. The van der Waals surface area contributed by atoms with Crippen molar-refractivity contribution < 1.29 is 0 Å². The maximum Gasteiger partial charge on any atom is 0.193 e. The Hall–Kier alpha value is -0.780. The molecular weight excluding hydrogens is 373 g/mol. The van der Waals surface area contributed by atoms with E-state index in [4.69, 9.17) is 0 Å². The molecule has 1 saturated heterocycles. The van der Waals surface area contributed by atoms with Crippen molar-refractivity contribution in [2.75, 3.05) is 26.7 Å². The summed E-state index contributed by atoms with van der Waals surface area (Å²) in [6, 6.07) is 8.76. The Morgan fingerprint density at radius 2 is 1.95 bits per heavy atom. The van der Waals surface area contributed by atoms with Gasteiger partial charge < -0.3 is 10.2 Å². The zero-order chi connectivity index (χ0) is 14.6. The molecule has 0 atom stereocenters. The van der Waals surface area contributed by atoms with Crippen LogP contribution in [0.1, 0.15) is 31.4 Å². The lowest BCUT2D eigenvalue weighted by molar-refractivity contribution is 0.370. The van der Waals surface area contributed by atoms with E-state index >= 15 is 0 Å². The van der Waals surface area contributed by atoms with Crippen LogP contribution in [0, 0.1) is 12.3 Å². The lowest BCUT2D eigenvalue weighted by Gasteiger charge is -2.23. The van der Waals surface area contributed by atoms with Crippen LogP contribution in [0.3, 0.4) is 0 Å². The molecule has 0 aromatic heterocycles. The van der Waals surface area contributed by atoms with E-state index in [0.29, 0.717) is 5.41 Å². The first-order valence-electron chi connectivity index (χ1n) is 7.51. The van der Waals surface area contributed by atoms with Crippen LogP contribution in [0.4, 0.5) is 0 Å². The molecule has 0 aliphatic carbocycles. The second kappa shape index (κ2) is 8.01. The van der Waals surface area contributed by atoms with Crippen LogP contribution in [0.5, 0.6) is 0 Å². The molecule has 1 fully saturated rings. The highest BCUT2D eigenvalue weighted by atomic mass is 127. The summed E-state index contributed by atoms with van der Waals surface area (Å²) in [5, 5.41) is 3.49. The van der Waals surface area contributed by atoms with Crippen LogP contribution in [-0.2, 0) is 6.42 Å². The zero-order valence-electron chi connectivity index (χ0n) is 13.6. The minimum Gasteiger partial charge on any atom is -0.356 e. The van der Waals surface area contributed by atoms with E-state index in [9.17, 15) is 0 Å². The molecular formula is C17H28IN3. The Morgan fingerprint density at radius 3 is 2.48 bits per heavy atom. The van der Waals surface area contributed by atoms with Crippen molar-refractivity contribution in [1.82, 2.24) is 10.2 Å². The number of guanidine groups is 1. The van der Waals surface area contributed by atoms with Crippen LogP contribution in [0.2, 0.25) is 0 Å². The molecule has 1 aromatic rings. The molecule has 2 rings (SSSR count). The smallest absolute Gasteiger partial charge is 0.193 e. The number of nitrogens with one attached hydrogen (secondary N) is 1. The summed E-state index contributed by atoms with van der Waals surface area (Å²) in [4.78, 5) is 6.78. The Morgan fingerprint density at radius 1 is 1.29 bits per heavy atom. The predicted molar refractivity (Wildman–Crippen MR) is 102 cm³/mol. The number of likely N-dealkylation sites (tertiary alicyclic amines) is 1. The molecule has 0 saturated carbocycles. The molecule has 0 spiro atoms. The van der Waals surface area contributed by atoms with Crippen molar-refractivity contribution in [2.45, 2.75) is 33.6 Å². The number of aryl methyl sites for hydroxylation is 1. The van der Waals surface area contributed by atoms with E-state index in [0.717, 1.165) is 32.0 Å². The third kappa shape index (κ3) is 5.49. The van der Waals surface area contributed by atoms with E-state index in [-0.39, 0.29) is 24.0 Å². The van der Waals surface area contributed by atoms with Gasteiger partial charge in [-0.05, 0) is 30.7 Å². The van der Waals surface area contributed by atoms with Crippen LogP contribution >= 0.6 is 24.0 Å². The Balaban J connectivity index is 0.00000220. The number of rotatable bonds is 3. The summed E-state index contributed by atoms with van der Waals surface area (Å²) < 4.78 is 0. The molecule has 4 heteroatoms. The Kier molecular flexibility index (Phi) is 6.97. The van der Waals surface area contributed by atoms with Gasteiger partial charge in [-0.2, -0.15) is 0 Å². The van der Waals surface area contributed by atoms with E-state index < -0.39 is 0 Å². The summed E-state index contributed by atoms with van der Waals surface area (Å²) in [6.45, 7) is 9.92. The molecule has 1 N–H and O–H groups in total. The van der Waals surface area contributed by atoms with Crippen molar-refractivity contribution >= 4 is 29.9 Å². The lowest BCUT2D eigenvalue weighted by Crippen LogP contribution is -2.41. The normalized spacial score (nSPS) is 17.5. The lowest BCUT2D eigenvalue weighted by atomic mass is 9.93. The van der Waals surface area contributed by atoms with E-state index in [1.807, 2.05) is 7.05 Å². The summed E-state index contributed by atoms with van der Waals surface area (Å²) in [7, 11) is 1.87. The minimum absolute atomic E-state index is 0. The molecule has 3 nitrogen and oxygen atoms in total. The van der Waals surface area contributed by atoms with E-state index in [2.05, 4.69) is 60.2 Å². The second-order valence-electron chi connectivity index (χ2n) is 6.55. The van der Waals surface area contributed by atoms with Crippen LogP contribution in [0.15, 0.2) is 29.3 Å². The molecule has 0 unspecified atom stereocenters. The molecule has 0 amide bonds. The third-order valence-electron chi connectivity index (χ3n) is 4.01. The van der Waals surface area contributed by atoms with Gasteiger partial charge in [-0.1, -0.05) is 43.7 Å². The van der Waals surface area contributed by atoms with Gasteiger partial charge in [0.25, 0.3) is 0 Å². The molecule has 0 bridgehead atoms. The third-order valence-corrected chi connectivity index (χ3v) is 4.01. The zero-order valence-corrected chi connectivity index (χ0v) is 16.0. The van der Waals surface area contributed by atoms with Gasteiger partial charge in [-0.25, -0.2) is 0 Å². The summed E-state index contributed by atoms with van der Waals surface area (Å²) in [5.41, 5.74) is 3.10. The molecule has 0 radical (unpaired) electrons. The van der Waals surface area contributed by atoms with Crippen LogP contribution in [-0.4, -0.2) is 37.5 Å². The van der Waals surface area contributed by atoms with Crippen molar-refractivity contribution in [1.29, 1.82) is 0 Å². The highest BCUT2D eigenvalue weighted by molar-refractivity contribution is 14.0. The molecule has 118 valence electrons. The van der Waals surface area contributed by atoms with Gasteiger partial charge in [0.05, 0.1) is 0 Å². The number of benzene rings is 1. The number of hydrogen-bond acceptors (Lipinski definition) is 1. The fourth-order valence-electron chi connectivity index (χ4n) is 2.70. The van der Waals surface area contributed by atoms with Crippen molar-refractivity contribution in [3.63, 3.8) is 0 Å². The number of halogens is 1. The second-order valence-corrected chi connectivity index (χ2v) is 6.55. The summed E-state index contributed by atoms with van der Waals surface area (Å²) >= 11 is 0. The SMILES string of the molecule is CN=C(NCCc1ccc(C)cc1)N1CCC(C)(C)C1.I. The first kappa shape index (κ1) is 18.3. The van der Waals surface area contributed by atoms with E-state index in [1.54, 1.807) is 0 Å². The van der Waals surface area contributed by atoms with Crippen molar-refractivity contribution in [3.05, 3.63) is 35.4 Å². The monoisotopic (exact) mass is 401 g/mol. The van der Waals surface area contributed by atoms with Gasteiger partial charge in [0.2, 0.25) is 0 Å². The standard InChI is InChI=1S/C17H27N3.HI/c1-14-5-7-15(8-6-14)9-11-19-16(18-4)20-12-10-17(2,3)13-20;/h5-8H,9-13H2,1-4H3,(H,18,19);1H. The van der Waals surface area contributed by atoms with Crippen molar-refractivity contribution in [3.8, 4) is 0 Å². The predicted octanol–water partition coefficient (Wildman–Crippen LogP) is 3.46. The van der Waals surface area contributed by atoms with Gasteiger partial charge in [0.1, 0.15) is 0 Å². The molecule has 1 aliphatic heterocycles. The van der Waals surface area contributed by atoms with Gasteiger partial charge >= 0.3 is 0 Å². The quantitative estimate of drug-likeness (QED) is 0.477. The van der Waals surface area contributed by atoms with E-state index in [1.165, 1.54) is 17.5 Å². The fraction of sp³-hybridized carbons (Fsp3) is 0.588. The number of aliphatic imine (C=N–C) groups is 1. The highest BCUT2D eigenvalue weighted by Crippen LogP contribution is 2.28. The number of nitrogens with zero attached hydrogens (tertiary/aromatic N) is 2. The largest absolute Gasteiger partial charge is 0.356 e. The molecule has 21 heavy (non-hydrogen) atoms. The average Bonchev–Trinajstić information content (AvgIpc) is 2.77. The van der Waals surface area contributed by atoms with Crippen molar-refractivity contribution in [2.24, 2.45) is 10.4 Å². The van der Waals surface area contributed by atoms with Gasteiger partial charge in [-0.3, -0.25) is 4.99 Å². The average molecular weight is 401 g/mol. The first-order valence-corrected chi connectivity index (χ1v) is 7.51. The number of hydrogen-bond donors (Lipinski definition) is 1. The van der Waals surface area contributed by atoms with Crippen LogP contribution in [0.25, 0.3) is 0 Å². The fourth-order valence-corrected chi connectivity index (χ4v) is 2.70. The maximum atomic E-state index is 4.41. The maximum absolute atomic E-state index is 4.41. The molecule has 1 aromatic carbocycles. The summed E-state index contributed by atoms with van der Waals surface area (Å²) in [6.07, 6.45) is 2.28. The molecule has 1 aliphatic rings. The summed E-state index contributed by atoms with van der Waals surface area (Å²) in [5.74, 6) is 1.04. The first-order chi connectivity index (χ1) is 9.50. The van der Waals surface area contributed by atoms with Gasteiger partial charge in [-0.15, -0.1) is 24.0 Å². The topological polar surface area (TPSA) is 27.6 Å². The minimum atomic E-state index is 0. The van der Waals surface area contributed by atoms with Crippen LogP contribution < -0.4 is 5.32 Å².